The van der Waals surface area contributed by atoms with E-state index in [0.29, 0.717) is 11.4 Å². The number of halogens is 1. The molecule has 0 spiro atoms. The van der Waals surface area contributed by atoms with Gasteiger partial charge in [-0.1, -0.05) is 11.6 Å². The molecule has 0 saturated carbocycles. The molecule has 0 amide bonds. The smallest absolute Gasteiger partial charge is 0.269 e. The average molecular weight is 454 g/mol. The van der Waals surface area contributed by atoms with E-state index >= 15 is 0 Å². The summed E-state index contributed by atoms with van der Waals surface area (Å²) in [6.07, 6.45) is 1.37. The van der Waals surface area contributed by atoms with Crippen LogP contribution in [0.5, 0.6) is 0 Å². The number of nitro benzene ring substituents is 1. The summed E-state index contributed by atoms with van der Waals surface area (Å²) < 4.78 is 25.2. The Morgan fingerprint density at radius 2 is 1.86 bits per heavy atom. The molecule has 29 heavy (non-hydrogen) atoms. The lowest BCUT2D eigenvalue weighted by Gasteiger charge is -2.12. The summed E-state index contributed by atoms with van der Waals surface area (Å²) in [5.74, 6) is 0.416. The van der Waals surface area contributed by atoms with Crippen LogP contribution in [0.3, 0.4) is 0 Å². The number of hydrogen-bond acceptors (Lipinski definition) is 9. The summed E-state index contributed by atoms with van der Waals surface area (Å²) in [7, 11) is -3.47. The molecule has 0 saturated heterocycles. The van der Waals surface area contributed by atoms with Crippen molar-refractivity contribution in [3.63, 3.8) is 0 Å². The Hall–Kier alpha value is -2.76. The minimum atomic E-state index is -3.47. The maximum absolute atomic E-state index is 12.5. The fourth-order valence-electron chi connectivity index (χ4n) is 2.26. The molecule has 1 aromatic carbocycles. The molecule has 3 aromatic rings. The van der Waals surface area contributed by atoms with Crippen molar-refractivity contribution < 1.29 is 13.3 Å². The van der Waals surface area contributed by atoms with Gasteiger partial charge in [0.1, 0.15) is 9.23 Å². The van der Waals surface area contributed by atoms with Gasteiger partial charge in [0, 0.05) is 17.8 Å². The van der Waals surface area contributed by atoms with Gasteiger partial charge in [-0.25, -0.2) is 13.4 Å². The third-order valence-corrected chi connectivity index (χ3v) is 7.79. The average Bonchev–Trinajstić information content (AvgIpc) is 3.14. The Bertz CT molecular complexity index is 1150. The fourth-order valence-corrected chi connectivity index (χ4v) is 5.11. The van der Waals surface area contributed by atoms with Gasteiger partial charge in [-0.2, -0.15) is 4.98 Å². The molecular weight excluding hydrogens is 438 g/mol. The molecule has 0 aliphatic carbocycles. The molecule has 2 aromatic heterocycles. The van der Waals surface area contributed by atoms with Crippen LogP contribution in [0.1, 0.15) is 13.8 Å². The van der Waals surface area contributed by atoms with Crippen LogP contribution in [0.2, 0.25) is 5.02 Å². The molecule has 0 radical (unpaired) electrons. The molecule has 0 unspecified atom stereocenters. The maximum atomic E-state index is 12.5. The number of aromatic nitrogens is 2. The van der Waals surface area contributed by atoms with Crippen molar-refractivity contribution >= 4 is 61.6 Å². The topological polar surface area (TPSA) is 127 Å². The second-order valence-electron chi connectivity index (χ2n) is 6.16. The molecule has 0 aliphatic heterocycles. The molecule has 152 valence electrons. The van der Waals surface area contributed by atoms with Gasteiger partial charge in [-0.05, 0) is 37.4 Å². The summed E-state index contributed by atoms with van der Waals surface area (Å²) in [6.45, 7) is 3.23. The van der Waals surface area contributed by atoms with Crippen molar-refractivity contribution in [3.8, 4) is 0 Å². The Kier molecular flexibility index (Phi) is 6.01. The Balaban J connectivity index is 1.86. The van der Waals surface area contributed by atoms with Gasteiger partial charge in [-0.3, -0.25) is 10.1 Å². The standard InChI is InChI=1S/C17H16ClN5O4S2/c1-10(2)29(26,27)16-14(7-8-28-16)21-15-13(18)9-19-17(22-15)20-11-3-5-12(6-4-11)23(24)25/h3-10H,1-2H3,(H2,19,20,21,22). The minimum Gasteiger partial charge on any atom is -0.337 e. The van der Waals surface area contributed by atoms with Crippen molar-refractivity contribution in [2.75, 3.05) is 10.6 Å². The van der Waals surface area contributed by atoms with Gasteiger partial charge in [0.15, 0.2) is 15.7 Å². The lowest BCUT2D eigenvalue weighted by atomic mass is 10.3. The van der Waals surface area contributed by atoms with E-state index in [-0.39, 0.29) is 26.7 Å². The van der Waals surface area contributed by atoms with Crippen LogP contribution in [0.25, 0.3) is 0 Å². The van der Waals surface area contributed by atoms with Crippen LogP contribution in [0.15, 0.2) is 46.1 Å². The number of benzene rings is 1. The molecule has 0 atom stereocenters. The number of anilines is 4. The Labute approximate surface area is 175 Å². The molecular formula is C17H16ClN5O4S2. The summed E-state index contributed by atoms with van der Waals surface area (Å²) in [5, 5.41) is 17.9. The first kappa shape index (κ1) is 21.0. The summed E-state index contributed by atoms with van der Waals surface area (Å²) in [4.78, 5) is 18.6. The number of hydrogen-bond donors (Lipinski definition) is 2. The number of rotatable bonds is 7. The van der Waals surface area contributed by atoms with E-state index in [1.807, 2.05) is 0 Å². The second kappa shape index (κ2) is 8.31. The van der Waals surface area contributed by atoms with E-state index < -0.39 is 20.0 Å². The molecule has 0 fully saturated rings. The summed E-state index contributed by atoms with van der Waals surface area (Å²) in [6, 6.07) is 7.39. The minimum absolute atomic E-state index is 0.0359. The maximum Gasteiger partial charge on any atom is 0.269 e. The van der Waals surface area contributed by atoms with E-state index in [9.17, 15) is 18.5 Å². The van der Waals surface area contributed by atoms with Crippen LogP contribution in [0.4, 0.5) is 28.8 Å². The Morgan fingerprint density at radius 3 is 2.48 bits per heavy atom. The molecule has 12 heteroatoms. The third-order valence-electron chi connectivity index (χ3n) is 3.84. The molecule has 2 heterocycles. The van der Waals surface area contributed by atoms with Crippen molar-refractivity contribution in [1.29, 1.82) is 0 Å². The van der Waals surface area contributed by atoms with E-state index in [1.54, 1.807) is 25.3 Å². The quantitative estimate of drug-likeness (QED) is 0.386. The highest BCUT2D eigenvalue weighted by molar-refractivity contribution is 7.94. The van der Waals surface area contributed by atoms with Gasteiger partial charge >= 0.3 is 0 Å². The predicted molar refractivity (Wildman–Crippen MR) is 113 cm³/mol. The highest BCUT2D eigenvalue weighted by Crippen LogP contribution is 2.34. The van der Waals surface area contributed by atoms with Crippen LogP contribution in [-0.4, -0.2) is 28.6 Å². The molecule has 0 bridgehead atoms. The molecule has 2 N–H and O–H groups in total. The zero-order valence-corrected chi connectivity index (χ0v) is 17.7. The lowest BCUT2D eigenvalue weighted by molar-refractivity contribution is -0.384. The molecule has 9 nitrogen and oxygen atoms in total. The van der Waals surface area contributed by atoms with Crippen molar-refractivity contribution in [2.24, 2.45) is 0 Å². The molecule has 3 rings (SSSR count). The third kappa shape index (κ3) is 4.63. The monoisotopic (exact) mass is 453 g/mol. The predicted octanol–water partition coefficient (Wildman–Crippen LogP) is 4.77. The SMILES string of the molecule is CC(C)S(=O)(=O)c1sccc1Nc1nc(Nc2ccc([N+](=O)[O-])cc2)ncc1Cl. The van der Waals surface area contributed by atoms with Crippen molar-refractivity contribution in [1.82, 2.24) is 9.97 Å². The number of thiophene rings is 1. The van der Waals surface area contributed by atoms with Crippen LogP contribution in [0, 0.1) is 10.1 Å². The van der Waals surface area contributed by atoms with E-state index in [2.05, 4.69) is 20.6 Å². The first-order valence-corrected chi connectivity index (χ1v) is 11.1. The van der Waals surface area contributed by atoms with Gasteiger partial charge in [0.2, 0.25) is 5.95 Å². The zero-order valence-electron chi connectivity index (χ0n) is 15.3. The van der Waals surface area contributed by atoms with Gasteiger partial charge < -0.3 is 10.6 Å². The van der Waals surface area contributed by atoms with Crippen LogP contribution in [-0.2, 0) is 9.84 Å². The van der Waals surface area contributed by atoms with Gasteiger partial charge in [-0.15, -0.1) is 11.3 Å². The molecule has 0 aliphatic rings. The van der Waals surface area contributed by atoms with Crippen LogP contribution >= 0.6 is 22.9 Å². The number of sulfone groups is 1. The zero-order chi connectivity index (χ0) is 21.2. The van der Waals surface area contributed by atoms with E-state index in [4.69, 9.17) is 11.6 Å². The summed E-state index contributed by atoms with van der Waals surface area (Å²) in [5.41, 5.74) is 0.888. The van der Waals surface area contributed by atoms with Gasteiger partial charge in [0.25, 0.3) is 5.69 Å². The normalized spacial score (nSPS) is 11.4. The number of nitrogens with zero attached hydrogens (tertiary/aromatic N) is 3. The number of non-ortho nitro benzene ring substituents is 1. The van der Waals surface area contributed by atoms with E-state index in [1.165, 1.54) is 30.5 Å². The number of nitrogens with one attached hydrogen (secondary N) is 2. The largest absolute Gasteiger partial charge is 0.337 e. The van der Waals surface area contributed by atoms with Crippen LogP contribution < -0.4 is 10.6 Å². The van der Waals surface area contributed by atoms with Crippen molar-refractivity contribution in [3.05, 3.63) is 57.0 Å². The first-order chi connectivity index (χ1) is 13.7. The van der Waals surface area contributed by atoms with Gasteiger partial charge in [0.05, 0.1) is 22.1 Å². The summed E-state index contributed by atoms with van der Waals surface area (Å²) >= 11 is 7.28. The number of nitro groups is 1. The first-order valence-electron chi connectivity index (χ1n) is 8.31. The fraction of sp³-hybridized carbons (Fsp3) is 0.176. The second-order valence-corrected chi connectivity index (χ2v) is 10.2. The Morgan fingerprint density at radius 1 is 1.17 bits per heavy atom. The van der Waals surface area contributed by atoms with E-state index in [0.717, 1.165) is 11.3 Å². The van der Waals surface area contributed by atoms with Crippen molar-refractivity contribution in [2.45, 2.75) is 23.3 Å². The lowest BCUT2D eigenvalue weighted by Crippen LogP contribution is -2.14. The highest BCUT2D eigenvalue weighted by atomic mass is 35.5. The highest BCUT2D eigenvalue weighted by Gasteiger charge is 2.25.